The summed E-state index contributed by atoms with van der Waals surface area (Å²) >= 11 is 3.60. The van der Waals surface area contributed by atoms with E-state index in [-0.39, 0.29) is 24.4 Å². The lowest BCUT2D eigenvalue weighted by Crippen LogP contribution is -2.65. The zero-order chi connectivity index (χ0) is 20.1. The summed E-state index contributed by atoms with van der Waals surface area (Å²) in [5.74, 6) is -0.386. The zero-order valence-corrected chi connectivity index (χ0v) is 17.5. The molecular weight excluding hydrogens is 422 g/mol. The molecule has 1 amide bonds. The van der Waals surface area contributed by atoms with E-state index in [4.69, 9.17) is 4.74 Å². The number of aldehydes is 1. The maximum atomic E-state index is 13.3. The number of carbonyl (C=O) groups is 3. The highest BCUT2D eigenvalue weighted by Crippen LogP contribution is 2.47. The summed E-state index contributed by atoms with van der Waals surface area (Å²) in [5, 5.41) is 2.13. The van der Waals surface area contributed by atoms with E-state index in [9.17, 15) is 14.4 Å². The number of amides is 1. The van der Waals surface area contributed by atoms with Gasteiger partial charge in [-0.25, -0.2) is 4.79 Å². The van der Waals surface area contributed by atoms with Crippen LogP contribution in [0.1, 0.15) is 37.3 Å². The largest absolute Gasteiger partial charge is 0.447 e. The van der Waals surface area contributed by atoms with Gasteiger partial charge in [-0.1, -0.05) is 34.1 Å². The number of likely N-dealkylation sites (tertiary alicyclic amines) is 1. The first kappa shape index (κ1) is 19.1. The highest BCUT2D eigenvalue weighted by atomic mass is 79.9. The van der Waals surface area contributed by atoms with Crippen LogP contribution in [0.4, 0.5) is 4.79 Å². The molecule has 1 unspecified atom stereocenters. The second kappa shape index (κ2) is 6.99. The van der Waals surface area contributed by atoms with Gasteiger partial charge in [0.2, 0.25) is 0 Å². The number of hydrogen-bond donors (Lipinski definition) is 0. The van der Waals surface area contributed by atoms with Gasteiger partial charge in [-0.15, -0.1) is 0 Å². The topological polar surface area (TPSA) is 63.7 Å². The minimum atomic E-state index is -0.619. The third kappa shape index (κ3) is 3.04. The van der Waals surface area contributed by atoms with Gasteiger partial charge in [0.25, 0.3) is 0 Å². The molecule has 1 spiro atoms. The molecule has 2 aliphatic rings. The molecule has 0 aromatic heterocycles. The van der Waals surface area contributed by atoms with Crippen LogP contribution < -0.4 is 0 Å². The van der Waals surface area contributed by atoms with Crippen molar-refractivity contribution in [2.75, 3.05) is 13.1 Å². The minimum absolute atomic E-state index is 0.0649. The van der Waals surface area contributed by atoms with Crippen LogP contribution in [0.5, 0.6) is 0 Å². The van der Waals surface area contributed by atoms with E-state index in [0.717, 1.165) is 32.7 Å². The van der Waals surface area contributed by atoms with E-state index in [0.29, 0.717) is 19.5 Å². The van der Waals surface area contributed by atoms with Crippen molar-refractivity contribution in [1.29, 1.82) is 0 Å². The second-order valence-electron chi connectivity index (χ2n) is 8.08. The van der Waals surface area contributed by atoms with Gasteiger partial charge in [0.15, 0.2) is 5.78 Å². The third-order valence-corrected chi connectivity index (χ3v) is 6.44. The number of fused-ring (bicyclic) bond motifs is 2. The van der Waals surface area contributed by atoms with Crippen LogP contribution in [-0.4, -0.2) is 42.3 Å². The summed E-state index contributed by atoms with van der Waals surface area (Å²) in [6, 6.07) is 10.1. The molecule has 28 heavy (non-hydrogen) atoms. The van der Waals surface area contributed by atoms with E-state index < -0.39 is 11.3 Å². The first-order valence-electron chi connectivity index (χ1n) is 9.49. The summed E-state index contributed by atoms with van der Waals surface area (Å²) in [6.45, 7) is 4.30. The molecule has 0 saturated carbocycles. The molecule has 1 heterocycles. The predicted molar refractivity (Wildman–Crippen MR) is 109 cm³/mol. The highest BCUT2D eigenvalue weighted by Gasteiger charge is 2.55. The molecule has 2 aromatic rings. The molecule has 146 valence electrons. The van der Waals surface area contributed by atoms with Gasteiger partial charge >= 0.3 is 6.09 Å². The van der Waals surface area contributed by atoms with Gasteiger partial charge in [-0.3, -0.25) is 4.79 Å². The molecule has 2 aromatic carbocycles. The molecule has 0 radical (unpaired) electrons. The van der Waals surface area contributed by atoms with Crippen LogP contribution in [0.15, 0.2) is 34.8 Å². The van der Waals surface area contributed by atoms with Gasteiger partial charge in [0.05, 0.1) is 17.4 Å². The van der Waals surface area contributed by atoms with E-state index in [2.05, 4.69) is 22.0 Å². The Labute approximate surface area is 172 Å². The zero-order valence-electron chi connectivity index (χ0n) is 15.9. The lowest BCUT2D eigenvalue weighted by Gasteiger charge is -2.52. The SMILES string of the molecule is CC(C)OC(=O)N1CC2(Cc3cc4c(Br)cccc4cc3C(CC=O)C2=O)C1. The van der Waals surface area contributed by atoms with E-state index in [1.807, 2.05) is 24.3 Å². The summed E-state index contributed by atoms with van der Waals surface area (Å²) in [5.41, 5.74) is 1.41. The fourth-order valence-electron chi connectivity index (χ4n) is 4.48. The van der Waals surface area contributed by atoms with Crippen molar-refractivity contribution in [2.45, 2.75) is 38.7 Å². The minimum Gasteiger partial charge on any atom is -0.447 e. The molecule has 1 fully saturated rings. The molecule has 1 saturated heterocycles. The van der Waals surface area contributed by atoms with Crippen molar-refractivity contribution < 1.29 is 19.1 Å². The third-order valence-electron chi connectivity index (χ3n) is 5.74. The number of carbonyl (C=O) groups excluding carboxylic acids is 3. The lowest BCUT2D eigenvalue weighted by atomic mass is 9.61. The predicted octanol–water partition coefficient (Wildman–Crippen LogP) is 4.25. The molecule has 0 bridgehead atoms. The van der Waals surface area contributed by atoms with Crippen LogP contribution >= 0.6 is 15.9 Å². The Hall–Kier alpha value is -2.21. The van der Waals surface area contributed by atoms with Gasteiger partial charge < -0.3 is 14.4 Å². The summed E-state index contributed by atoms with van der Waals surface area (Å²) < 4.78 is 6.26. The maximum absolute atomic E-state index is 13.3. The summed E-state index contributed by atoms with van der Waals surface area (Å²) in [6.07, 6.45) is 0.994. The normalized spacial score (nSPS) is 20.2. The van der Waals surface area contributed by atoms with E-state index in [1.165, 1.54) is 0 Å². The van der Waals surface area contributed by atoms with Gasteiger partial charge in [0, 0.05) is 24.0 Å². The Bertz CT molecular complexity index is 978. The number of nitrogens with zero attached hydrogens (tertiary/aromatic N) is 1. The van der Waals surface area contributed by atoms with Crippen LogP contribution in [-0.2, 0) is 20.7 Å². The Kier molecular flexibility index (Phi) is 4.78. The number of ether oxygens (including phenoxy) is 1. The number of benzene rings is 2. The number of hydrogen-bond acceptors (Lipinski definition) is 4. The highest BCUT2D eigenvalue weighted by molar-refractivity contribution is 9.10. The van der Waals surface area contributed by atoms with Gasteiger partial charge in [-0.2, -0.15) is 0 Å². The maximum Gasteiger partial charge on any atom is 0.410 e. The molecule has 6 heteroatoms. The Morgan fingerprint density at radius 3 is 2.79 bits per heavy atom. The summed E-state index contributed by atoms with van der Waals surface area (Å²) in [7, 11) is 0. The van der Waals surface area contributed by atoms with Crippen molar-refractivity contribution in [3.8, 4) is 0 Å². The number of halogens is 1. The van der Waals surface area contributed by atoms with Crippen molar-refractivity contribution >= 4 is 44.9 Å². The van der Waals surface area contributed by atoms with Crippen LogP contribution in [0.3, 0.4) is 0 Å². The van der Waals surface area contributed by atoms with E-state index >= 15 is 0 Å². The fourth-order valence-corrected chi connectivity index (χ4v) is 4.97. The average Bonchev–Trinajstić information content (AvgIpc) is 2.60. The van der Waals surface area contributed by atoms with Crippen LogP contribution in [0, 0.1) is 5.41 Å². The summed E-state index contributed by atoms with van der Waals surface area (Å²) in [4.78, 5) is 38.4. The van der Waals surface area contributed by atoms with Crippen LogP contribution in [0.25, 0.3) is 10.8 Å². The van der Waals surface area contributed by atoms with Crippen molar-refractivity contribution in [1.82, 2.24) is 4.90 Å². The number of rotatable bonds is 3. The van der Waals surface area contributed by atoms with Crippen molar-refractivity contribution in [3.05, 3.63) is 45.9 Å². The molecular formula is C22H22BrNO4. The van der Waals surface area contributed by atoms with Crippen LogP contribution in [0.2, 0.25) is 0 Å². The average molecular weight is 444 g/mol. The number of Topliss-reactive ketones (excluding diaryl/α,β-unsaturated/α-hetero) is 1. The standard InChI is InChI=1S/C22H22BrNO4/c1-13(2)28-21(27)24-11-22(12-24)10-15-9-18-14(4-3-5-19(18)23)8-17(15)16(6-7-25)20(22)26/h3-5,7-9,13,16H,6,10-12H2,1-2H3. The van der Waals surface area contributed by atoms with Crippen molar-refractivity contribution in [3.63, 3.8) is 0 Å². The Morgan fingerprint density at radius 1 is 1.36 bits per heavy atom. The first-order valence-corrected chi connectivity index (χ1v) is 10.3. The Balaban J connectivity index is 1.71. The molecule has 1 atom stereocenters. The lowest BCUT2D eigenvalue weighted by molar-refractivity contribution is -0.141. The quantitative estimate of drug-likeness (QED) is 0.665. The Morgan fingerprint density at radius 2 is 2.11 bits per heavy atom. The monoisotopic (exact) mass is 443 g/mol. The van der Waals surface area contributed by atoms with Gasteiger partial charge in [0.1, 0.15) is 6.29 Å². The molecule has 5 nitrogen and oxygen atoms in total. The molecule has 1 aliphatic carbocycles. The smallest absolute Gasteiger partial charge is 0.410 e. The molecule has 4 rings (SSSR count). The molecule has 0 N–H and O–H groups in total. The van der Waals surface area contributed by atoms with Gasteiger partial charge in [-0.05, 0) is 54.3 Å². The second-order valence-corrected chi connectivity index (χ2v) is 8.93. The fraction of sp³-hybridized carbons (Fsp3) is 0.409. The van der Waals surface area contributed by atoms with Crippen molar-refractivity contribution in [2.24, 2.45) is 5.41 Å². The van der Waals surface area contributed by atoms with E-state index in [1.54, 1.807) is 18.7 Å². The molecule has 1 aliphatic heterocycles. The first-order chi connectivity index (χ1) is 13.3. The number of ketones is 1.